The summed E-state index contributed by atoms with van der Waals surface area (Å²) in [6.45, 7) is 8.21. The van der Waals surface area contributed by atoms with E-state index in [2.05, 4.69) is 41.5 Å². The van der Waals surface area contributed by atoms with E-state index < -0.39 is 0 Å². The molecule has 0 N–H and O–H groups in total. The second-order valence-corrected chi connectivity index (χ2v) is 8.46. The highest BCUT2D eigenvalue weighted by Crippen LogP contribution is 2.38. The molecule has 130 valence electrons. The number of carbonyl (C=O) groups excluding carboxylic acids is 1. The van der Waals surface area contributed by atoms with E-state index in [0.717, 1.165) is 43.4 Å². The first kappa shape index (κ1) is 16.7. The van der Waals surface area contributed by atoms with Crippen LogP contribution in [0.15, 0.2) is 29.6 Å². The molecule has 0 aliphatic carbocycles. The van der Waals surface area contributed by atoms with Gasteiger partial charge in [-0.1, -0.05) is 18.2 Å². The fourth-order valence-corrected chi connectivity index (χ4v) is 5.39. The van der Waals surface area contributed by atoms with Gasteiger partial charge in [-0.25, -0.2) is 4.98 Å². The molecule has 0 spiro atoms. The minimum absolute atomic E-state index is 0.177. The molecule has 2 aromatic heterocycles. The molecular weight excluding hydrogens is 350 g/mol. The molecule has 1 aliphatic rings. The van der Waals surface area contributed by atoms with E-state index in [-0.39, 0.29) is 5.91 Å². The number of piperazine rings is 1. The zero-order chi connectivity index (χ0) is 17.4. The molecule has 0 bridgehead atoms. The zero-order valence-corrected chi connectivity index (χ0v) is 16.1. The van der Waals surface area contributed by atoms with E-state index in [1.54, 1.807) is 18.3 Å². The molecule has 0 atom stereocenters. The summed E-state index contributed by atoms with van der Waals surface area (Å²) in [4.78, 5) is 21.9. The number of thiophene rings is 1. The van der Waals surface area contributed by atoms with Crippen LogP contribution in [0.1, 0.15) is 17.5 Å². The summed E-state index contributed by atoms with van der Waals surface area (Å²) in [5, 5.41) is 4.67. The Morgan fingerprint density at radius 2 is 1.96 bits per heavy atom. The molecule has 0 unspecified atom stereocenters. The van der Waals surface area contributed by atoms with Crippen molar-refractivity contribution in [2.75, 3.05) is 26.2 Å². The van der Waals surface area contributed by atoms with E-state index in [0.29, 0.717) is 0 Å². The first-order valence-electron chi connectivity index (χ1n) is 8.52. The summed E-state index contributed by atoms with van der Waals surface area (Å²) in [6.07, 6.45) is 0. The fraction of sp³-hybridized carbons (Fsp3) is 0.368. The van der Waals surface area contributed by atoms with Gasteiger partial charge in [0.15, 0.2) is 0 Å². The van der Waals surface area contributed by atoms with Crippen LogP contribution in [0.5, 0.6) is 0 Å². The molecule has 1 saturated heterocycles. The van der Waals surface area contributed by atoms with Crippen LogP contribution in [-0.4, -0.2) is 46.9 Å². The predicted molar refractivity (Wildman–Crippen MR) is 105 cm³/mol. The average Bonchev–Trinajstić information content (AvgIpc) is 3.20. The quantitative estimate of drug-likeness (QED) is 0.698. The SMILES string of the molecule is CC(=O)N1CCN(Cc2nc(-c3sc4ccccc4c3C)cs2)CC1. The van der Waals surface area contributed by atoms with Crippen LogP contribution in [0, 0.1) is 6.92 Å². The van der Waals surface area contributed by atoms with Crippen molar-refractivity contribution >= 4 is 38.7 Å². The van der Waals surface area contributed by atoms with Crippen molar-refractivity contribution in [3.63, 3.8) is 0 Å². The number of aromatic nitrogens is 1. The van der Waals surface area contributed by atoms with Crippen LogP contribution in [0.2, 0.25) is 0 Å². The van der Waals surface area contributed by atoms with Gasteiger partial charge >= 0.3 is 0 Å². The van der Waals surface area contributed by atoms with E-state index in [9.17, 15) is 4.79 Å². The Morgan fingerprint density at radius 1 is 1.20 bits per heavy atom. The Hall–Kier alpha value is -1.76. The average molecular weight is 372 g/mol. The second-order valence-electron chi connectivity index (χ2n) is 6.46. The van der Waals surface area contributed by atoms with E-state index in [1.807, 2.05) is 16.2 Å². The molecule has 25 heavy (non-hydrogen) atoms. The Labute approximate surface area is 155 Å². The lowest BCUT2D eigenvalue weighted by Gasteiger charge is -2.33. The minimum Gasteiger partial charge on any atom is -0.340 e. The third-order valence-electron chi connectivity index (χ3n) is 4.80. The van der Waals surface area contributed by atoms with E-state index in [1.165, 1.54) is 20.5 Å². The number of rotatable bonds is 3. The highest BCUT2D eigenvalue weighted by atomic mass is 32.1. The Kier molecular flexibility index (Phi) is 4.58. The fourth-order valence-electron chi connectivity index (χ4n) is 3.32. The van der Waals surface area contributed by atoms with Gasteiger partial charge in [-0.05, 0) is 23.9 Å². The van der Waals surface area contributed by atoms with Gasteiger partial charge in [0.1, 0.15) is 5.01 Å². The maximum absolute atomic E-state index is 11.4. The van der Waals surface area contributed by atoms with E-state index in [4.69, 9.17) is 4.98 Å². The van der Waals surface area contributed by atoms with E-state index >= 15 is 0 Å². The van der Waals surface area contributed by atoms with Crippen molar-refractivity contribution in [1.29, 1.82) is 0 Å². The third-order valence-corrected chi connectivity index (χ3v) is 6.93. The standard InChI is InChI=1S/C19H21N3OS2/c1-13-15-5-3-4-6-17(15)25-19(13)16-12-24-18(20-16)11-21-7-9-22(10-8-21)14(2)23/h3-6,12H,7-11H2,1-2H3. The Bertz CT molecular complexity index is 906. The van der Waals surface area contributed by atoms with Crippen LogP contribution < -0.4 is 0 Å². The van der Waals surface area contributed by atoms with Gasteiger partial charge in [-0.3, -0.25) is 9.69 Å². The van der Waals surface area contributed by atoms with Crippen molar-refractivity contribution in [3.8, 4) is 10.6 Å². The van der Waals surface area contributed by atoms with Gasteiger partial charge in [0.2, 0.25) is 5.91 Å². The Morgan fingerprint density at radius 3 is 2.68 bits per heavy atom. The smallest absolute Gasteiger partial charge is 0.219 e. The summed E-state index contributed by atoms with van der Waals surface area (Å²) in [7, 11) is 0. The highest BCUT2D eigenvalue weighted by Gasteiger charge is 2.20. The van der Waals surface area contributed by atoms with Crippen molar-refractivity contribution in [2.24, 2.45) is 0 Å². The first-order valence-corrected chi connectivity index (χ1v) is 10.2. The zero-order valence-electron chi connectivity index (χ0n) is 14.5. The molecule has 1 fully saturated rings. The van der Waals surface area contributed by atoms with Crippen LogP contribution in [0.3, 0.4) is 0 Å². The van der Waals surface area contributed by atoms with Gasteiger partial charge < -0.3 is 4.90 Å². The molecule has 6 heteroatoms. The molecule has 3 aromatic rings. The number of amides is 1. The lowest BCUT2D eigenvalue weighted by Crippen LogP contribution is -2.47. The molecular formula is C19H21N3OS2. The number of hydrogen-bond donors (Lipinski definition) is 0. The number of aryl methyl sites for hydroxylation is 1. The van der Waals surface area contributed by atoms with Crippen LogP contribution in [0.4, 0.5) is 0 Å². The lowest BCUT2D eigenvalue weighted by molar-refractivity contribution is -0.130. The summed E-state index contributed by atoms with van der Waals surface area (Å²) < 4.78 is 1.32. The lowest BCUT2D eigenvalue weighted by atomic mass is 10.1. The largest absolute Gasteiger partial charge is 0.340 e. The number of benzene rings is 1. The van der Waals surface area contributed by atoms with Crippen LogP contribution in [0.25, 0.3) is 20.7 Å². The predicted octanol–water partition coefficient (Wildman–Crippen LogP) is 4.00. The van der Waals surface area contributed by atoms with Crippen molar-refractivity contribution < 1.29 is 4.79 Å². The maximum Gasteiger partial charge on any atom is 0.219 e. The maximum atomic E-state index is 11.4. The van der Waals surface area contributed by atoms with Gasteiger partial charge in [0.05, 0.1) is 17.1 Å². The van der Waals surface area contributed by atoms with Gasteiger partial charge in [0.25, 0.3) is 0 Å². The minimum atomic E-state index is 0.177. The van der Waals surface area contributed by atoms with Gasteiger partial charge in [-0.15, -0.1) is 22.7 Å². The molecule has 0 saturated carbocycles. The van der Waals surface area contributed by atoms with Crippen LogP contribution in [-0.2, 0) is 11.3 Å². The Balaban J connectivity index is 1.49. The van der Waals surface area contributed by atoms with Crippen molar-refractivity contribution in [2.45, 2.75) is 20.4 Å². The number of nitrogens with zero attached hydrogens (tertiary/aromatic N) is 3. The normalized spacial score (nSPS) is 15.8. The third kappa shape index (κ3) is 3.34. The molecule has 4 rings (SSSR count). The van der Waals surface area contributed by atoms with Crippen LogP contribution >= 0.6 is 22.7 Å². The summed E-state index contributed by atoms with van der Waals surface area (Å²) in [5.41, 5.74) is 2.42. The second kappa shape index (κ2) is 6.86. The molecule has 3 heterocycles. The molecule has 1 amide bonds. The highest BCUT2D eigenvalue weighted by molar-refractivity contribution is 7.22. The molecule has 1 aliphatic heterocycles. The summed E-state index contributed by atoms with van der Waals surface area (Å²) in [6, 6.07) is 8.55. The molecule has 1 aromatic carbocycles. The summed E-state index contributed by atoms with van der Waals surface area (Å²) in [5.74, 6) is 0.177. The monoisotopic (exact) mass is 371 g/mol. The number of thiazole rings is 1. The molecule has 0 radical (unpaired) electrons. The number of hydrogen-bond acceptors (Lipinski definition) is 5. The van der Waals surface area contributed by atoms with Gasteiger partial charge in [-0.2, -0.15) is 0 Å². The number of fused-ring (bicyclic) bond motifs is 1. The van der Waals surface area contributed by atoms with Crippen molar-refractivity contribution in [1.82, 2.24) is 14.8 Å². The van der Waals surface area contributed by atoms with Gasteiger partial charge in [0, 0.05) is 43.2 Å². The first-order chi connectivity index (χ1) is 12.1. The molecule has 4 nitrogen and oxygen atoms in total. The summed E-state index contributed by atoms with van der Waals surface area (Å²) >= 11 is 3.56. The van der Waals surface area contributed by atoms with Crippen molar-refractivity contribution in [3.05, 3.63) is 40.2 Å². The topological polar surface area (TPSA) is 36.4 Å². The number of carbonyl (C=O) groups is 1.